The van der Waals surface area contributed by atoms with Crippen molar-refractivity contribution in [2.75, 3.05) is 5.75 Å². The molecule has 0 saturated heterocycles. The molecule has 0 spiro atoms. The van der Waals surface area contributed by atoms with Gasteiger partial charge in [-0.2, -0.15) is 0 Å². The summed E-state index contributed by atoms with van der Waals surface area (Å²) in [7, 11) is 0. The minimum absolute atomic E-state index is 0.0795. The Balaban J connectivity index is 1.71. The molecule has 1 heterocycles. The van der Waals surface area contributed by atoms with Crippen LogP contribution in [0.1, 0.15) is 30.6 Å². The number of hydrazine groups is 1. The fraction of sp³-hybridized carbons (Fsp3) is 0.273. The molecule has 0 fully saturated rings. The van der Waals surface area contributed by atoms with E-state index < -0.39 is 17.6 Å². The molecule has 32 heavy (non-hydrogen) atoms. The summed E-state index contributed by atoms with van der Waals surface area (Å²) >= 11 is 7.13. The number of nitrogens with zero attached hydrogens (tertiary/aromatic N) is 2. The first-order valence-electron chi connectivity index (χ1n) is 9.92. The highest BCUT2D eigenvalue weighted by molar-refractivity contribution is 7.99. The number of nitrogens with one attached hydrogen (secondary N) is 2. The molecule has 2 amide bonds. The lowest BCUT2D eigenvalue weighted by Gasteiger charge is -2.14. The van der Waals surface area contributed by atoms with E-state index in [9.17, 15) is 18.8 Å². The maximum Gasteiger partial charge on any atom is 0.269 e. The normalized spacial score (nSPS) is 11.0. The second-order valence-electron chi connectivity index (χ2n) is 7.49. The predicted molar refractivity (Wildman–Crippen MR) is 123 cm³/mol. The molecule has 0 radical (unpaired) electrons. The van der Waals surface area contributed by atoms with Crippen LogP contribution >= 0.6 is 23.4 Å². The zero-order chi connectivity index (χ0) is 23.3. The van der Waals surface area contributed by atoms with Crippen LogP contribution in [0.15, 0.2) is 52.4 Å². The van der Waals surface area contributed by atoms with Gasteiger partial charge in [0, 0.05) is 17.1 Å². The van der Waals surface area contributed by atoms with Crippen LogP contribution in [0.5, 0.6) is 0 Å². The van der Waals surface area contributed by atoms with Gasteiger partial charge in [0.15, 0.2) is 5.16 Å². The first-order valence-corrected chi connectivity index (χ1v) is 11.3. The van der Waals surface area contributed by atoms with Crippen LogP contribution in [0.3, 0.4) is 0 Å². The minimum atomic E-state index is -0.573. The van der Waals surface area contributed by atoms with E-state index in [-0.39, 0.29) is 16.9 Å². The maximum absolute atomic E-state index is 13.0. The molecule has 3 aromatic rings. The van der Waals surface area contributed by atoms with Gasteiger partial charge in [-0.1, -0.05) is 37.2 Å². The summed E-state index contributed by atoms with van der Waals surface area (Å²) in [5.74, 6) is -1.22. The molecular weight excluding hydrogens is 455 g/mol. The van der Waals surface area contributed by atoms with Crippen molar-refractivity contribution in [3.63, 3.8) is 0 Å². The second-order valence-corrected chi connectivity index (χ2v) is 8.87. The van der Waals surface area contributed by atoms with Crippen molar-refractivity contribution in [1.29, 1.82) is 0 Å². The lowest BCUT2D eigenvalue weighted by Crippen LogP contribution is -2.42. The van der Waals surface area contributed by atoms with Crippen LogP contribution in [0, 0.1) is 11.7 Å². The van der Waals surface area contributed by atoms with Gasteiger partial charge >= 0.3 is 0 Å². The van der Waals surface area contributed by atoms with Crippen molar-refractivity contribution in [3.8, 4) is 0 Å². The molecule has 10 heteroatoms. The van der Waals surface area contributed by atoms with Crippen molar-refractivity contribution in [1.82, 2.24) is 20.4 Å². The van der Waals surface area contributed by atoms with Crippen molar-refractivity contribution < 1.29 is 14.0 Å². The van der Waals surface area contributed by atoms with Gasteiger partial charge in [-0.25, -0.2) is 9.37 Å². The van der Waals surface area contributed by atoms with Gasteiger partial charge in [0.05, 0.1) is 16.7 Å². The van der Waals surface area contributed by atoms with Gasteiger partial charge in [-0.15, -0.1) is 0 Å². The third kappa shape index (κ3) is 6.08. The van der Waals surface area contributed by atoms with Gasteiger partial charge in [0.1, 0.15) is 5.82 Å². The molecule has 7 nitrogen and oxygen atoms in total. The fourth-order valence-electron chi connectivity index (χ4n) is 2.83. The Morgan fingerprint density at radius 3 is 2.56 bits per heavy atom. The van der Waals surface area contributed by atoms with Crippen LogP contribution in [0.4, 0.5) is 4.39 Å². The number of amides is 2. The standard InChI is InChI=1S/C22H22ClFN4O3S/c1-13(2)9-10-28-21(31)17-8-5-15(23)11-18(17)25-22(28)32-12-19(29)26-27-20(30)14-3-6-16(24)7-4-14/h3-8,11,13H,9-10,12H2,1-2H3,(H,26,29)(H,27,30). The van der Waals surface area contributed by atoms with Crippen LogP contribution in [0.2, 0.25) is 5.02 Å². The number of thioether (sulfide) groups is 1. The van der Waals surface area contributed by atoms with E-state index in [2.05, 4.69) is 29.7 Å². The second kappa shape index (κ2) is 10.6. The SMILES string of the molecule is CC(C)CCn1c(SCC(=O)NNC(=O)c2ccc(F)cc2)nc2cc(Cl)ccc2c1=O. The van der Waals surface area contributed by atoms with Gasteiger partial charge in [-0.05, 0) is 54.8 Å². The maximum atomic E-state index is 13.0. The van der Waals surface area contributed by atoms with Crippen molar-refractivity contribution in [3.05, 3.63) is 69.2 Å². The molecule has 0 atom stereocenters. The Bertz CT molecular complexity index is 1200. The van der Waals surface area contributed by atoms with Gasteiger partial charge in [0.2, 0.25) is 5.91 Å². The lowest BCUT2D eigenvalue weighted by molar-refractivity contribution is -0.119. The highest BCUT2D eigenvalue weighted by Gasteiger charge is 2.15. The van der Waals surface area contributed by atoms with Gasteiger partial charge in [0.25, 0.3) is 11.5 Å². The van der Waals surface area contributed by atoms with Crippen LogP contribution in [0.25, 0.3) is 10.9 Å². The third-order valence-electron chi connectivity index (χ3n) is 4.57. The quantitative estimate of drug-likeness (QED) is 0.307. The number of hydrogen-bond donors (Lipinski definition) is 2. The summed E-state index contributed by atoms with van der Waals surface area (Å²) in [6.07, 6.45) is 0.772. The molecule has 0 aliphatic heterocycles. The molecule has 0 bridgehead atoms. The average Bonchev–Trinajstić information content (AvgIpc) is 2.75. The Morgan fingerprint density at radius 1 is 1.16 bits per heavy atom. The first-order chi connectivity index (χ1) is 15.2. The highest BCUT2D eigenvalue weighted by Crippen LogP contribution is 2.21. The molecule has 168 valence electrons. The zero-order valence-corrected chi connectivity index (χ0v) is 19.1. The van der Waals surface area contributed by atoms with Crippen molar-refractivity contribution in [2.24, 2.45) is 5.92 Å². The Morgan fingerprint density at radius 2 is 1.88 bits per heavy atom. The highest BCUT2D eigenvalue weighted by atomic mass is 35.5. The van der Waals surface area contributed by atoms with Gasteiger partial charge < -0.3 is 0 Å². The molecule has 0 aliphatic carbocycles. The molecule has 1 aromatic heterocycles. The summed E-state index contributed by atoms with van der Waals surface area (Å²) in [5.41, 5.74) is 5.05. The van der Waals surface area contributed by atoms with Crippen LogP contribution in [-0.2, 0) is 11.3 Å². The Labute approximate surface area is 193 Å². The number of carbonyl (C=O) groups is 2. The molecule has 2 N–H and O–H groups in total. The molecule has 3 rings (SSSR count). The van der Waals surface area contributed by atoms with E-state index in [4.69, 9.17) is 11.6 Å². The van der Waals surface area contributed by atoms with Gasteiger partial charge in [-0.3, -0.25) is 29.8 Å². The number of fused-ring (bicyclic) bond motifs is 1. The molecule has 2 aromatic carbocycles. The largest absolute Gasteiger partial charge is 0.287 e. The summed E-state index contributed by atoms with van der Waals surface area (Å²) in [4.78, 5) is 41.8. The molecule has 0 saturated carbocycles. The number of rotatable bonds is 7. The average molecular weight is 477 g/mol. The fourth-order valence-corrected chi connectivity index (χ4v) is 3.83. The third-order valence-corrected chi connectivity index (χ3v) is 5.78. The Hall–Kier alpha value is -2.91. The predicted octanol–water partition coefficient (Wildman–Crippen LogP) is 3.79. The number of halogens is 2. The smallest absolute Gasteiger partial charge is 0.269 e. The summed E-state index contributed by atoms with van der Waals surface area (Å²) in [5, 5.41) is 1.31. The lowest BCUT2D eigenvalue weighted by atomic mass is 10.1. The minimum Gasteiger partial charge on any atom is -0.287 e. The van der Waals surface area contributed by atoms with E-state index in [0.29, 0.717) is 33.5 Å². The molecule has 0 aliphatic rings. The molecular formula is C22H22ClFN4O3S. The number of hydrogen-bond acceptors (Lipinski definition) is 5. The van der Waals surface area contributed by atoms with E-state index in [1.165, 1.54) is 12.1 Å². The van der Waals surface area contributed by atoms with Crippen LogP contribution < -0.4 is 16.4 Å². The number of benzene rings is 2. The monoisotopic (exact) mass is 476 g/mol. The van der Waals surface area contributed by atoms with Crippen LogP contribution in [-0.4, -0.2) is 27.1 Å². The Kier molecular flexibility index (Phi) is 7.87. The zero-order valence-electron chi connectivity index (χ0n) is 17.5. The summed E-state index contributed by atoms with van der Waals surface area (Å²) in [6.45, 7) is 4.58. The first kappa shape index (κ1) is 23.7. The van der Waals surface area contributed by atoms with E-state index >= 15 is 0 Å². The van der Waals surface area contributed by atoms with E-state index in [1.54, 1.807) is 22.8 Å². The number of aromatic nitrogens is 2. The summed E-state index contributed by atoms with van der Waals surface area (Å²) < 4.78 is 14.5. The topological polar surface area (TPSA) is 93.1 Å². The number of carbonyl (C=O) groups excluding carboxylic acids is 2. The molecule has 0 unspecified atom stereocenters. The summed E-state index contributed by atoms with van der Waals surface area (Å²) in [6, 6.07) is 9.82. The van der Waals surface area contributed by atoms with E-state index in [0.717, 1.165) is 30.3 Å². The van der Waals surface area contributed by atoms with Crippen molar-refractivity contribution >= 4 is 46.1 Å². The van der Waals surface area contributed by atoms with Crippen molar-refractivity contribution in [2.45, 2.75) is 32.0 Å². The van der Waals surface area contributed by atoms with E-state index in [1.807, 2.05) is 0 Å².